The number of aromatic nitrogens is 2. The summed E-state index contributed by atoms with van der Waals surface area (Å²) in [4.78, 5) is 15.1. The van der Waals surface area contributed by atoms with Crippen molar-refractivity contribution in [3.05, 3.63) is 52.8 Å². The summed E-state index contributed by atoms with van der Waals surface area (Å²) in [5.41, 5.74) is 4.79. The van der Waals surface area contributed by atoms with E-state index in [1.54, 1.807) is 0 Å². The summed E-state index contributed by atoms with van der Waals surface area (Å²) in [6.45, 7) is 3.72. The van der Waals surface area contributed by atoms with Gasteiger partial charge in [0.1, 0.15) is 0 Å². The second-order valence-corrected chi connectivity index (χ2v) is 6.89. The molecular weight excluding hydrogens is 286 g/mol. The van der Waals surface area contributed by atoms with Crippen LogP contribution in [0, 0.1) is 6.92 Å². The van der Waals surface area contributed by atoms with Crippen LogP contribution >= 0.6 is 0 Å². The second-order valence-electron chi connectivity index (χ2n) is 6.89. The van der Waals surface area contributed by atoms with Crippen molar-refractivity contribution >= 4 is 5.91 Å². The zero-order chi connectivity index (χ0) is 15.8. The zero-order valence-electron chi connectivity index (χ0n) is 13.6. The number of benzene rings is 1. The third-order valence-electron chi connectivity index (χ3n) is 5.31. The molecule has 1 amide bonds. The van der Waals surface area contributed by atoms with E-state index in [2.05, 4.69) is 45.4 Å². The molecule has 1 fully saturated rings. The van der Waals surface area contributed by atoms with Gasteiger partial charge in [0.25, 0.3) is 0 Å². The molecule has 1 aromatic heterocycles. The number of carbonyl (C=O) groups excluding carboxylic acids is 1. The predicted octanol–water partition coefficient (Wildman–Crippen LogP) is 3.15. The van der Waals surface area contributed by atoms with Gasteiger partial charge in [-0.2, -0.15) is 5.10 Å². The van der Waals surface area contributed by atoms with E-state index in [1.165, 1.54) is 11.1 Å². The molecule has 0 unspecified atom stereocenters. The number of aryl methyl sites for hydroxylation is 2. The number of fused-ring (bicyclic) bond motifs is 1. The van der Waals surface area contributed by atoms with E-state index < -0.39 is 0 Å². The number of aromatic amines is 1. The van der Waals surface area contributed by atoms with Crippen molar-refractivity contribution in [2.75, 3.05) is 13.1 Å². The first kappa shape index (κ1) is 14.5. The van der Waals surface area contributed by atoms with Crippen LogP contribution in [0.5, 0.6) is 0 Å². The standard InChI is InChI=1S/C19H23N3O/c1-13-11-18(21-20-13)15-6-4-10-22(12-15)19(23)17-9-8-14-5-2-3-7-16(14)17/h2-3,5,7,11,15,17H,4,6,8-10,12H2,1H3,(H,20,21)/t15-,17+/m0/s1. The molecule has 1 aliphatic carbocycles. The average Bonchev–Trinajstić information content (AvgIpc) is 3.20. The van der Waals surface area contributed by atoms with Crippen LogP contribution in [0.2, 0.25) is 0 Å². The van der Waals surface area contributed by atoms with Gasteiger partial charge in [0, 0.05) is 24.7 Å². The van der Waals surface area contributed by atoms with Crippen molar-refractivity contribution in [3.63, 3.8) is 0 Å². The Kier molecular flexibility index (Phi) is 3.68. The van der Waals surface area contributed by atoms with Gasteiger partial charge in [-0.15, -0.1) is 0 Å². The molecule has 2 heterocycles. The lowest BCUT2D eigenvalue weighted by molar-refractivity contribution is -0.134. The van der Waals surface area contributed by atoms with E-state index >= 15 is 0 Å². The highest BCUT2D eigenvalue weighted by atomic mass is 16.2. The maximum Gasteiger partial charge on any atom is 0.230 e. The van der Waals surface area contributed by atoms with Gasteiger partial charge >= 0.3 is 0 Å². The minimum atomic E-state index is 0.0610. The van der Waals surface area contributed by atoms with Crippen LogP contribution in [0.15, 0.2) is 30.3 Å². The minimum Gasteiger partial charge on any atom is -0.341 e. The van der Waals surface area contributed by atoms with Gasteiger partial charge in [-0.25, -0.2) is 0 Å². The summed E-state index contributed by atoms with van der Waals surface area (Å²) < 4.78 is 0. The molecule has 0 spiro atoms. The van der Waals surface area contributed by atoms with Gasteiger partial charge in [-0.3, -0.25) is 9.89 Å². The van der Waals surface area contributed by atoms with E-state index in [4.69, 9.17) is 0 Å². The van der Waals surface area contributed by atoms with Crippen molar-refractivity contribution < 1.29 is 4.79 Å². The Morgan fingerprint density at radius 2 is 2.17 bits per heavy atom. The molecule has 1 aromatic carbocycles. The average molecular weight is 309 g/mol. The van der Waals surface area contributed by atoms with E-state index in [-0.39, 0.29) is 5.92 Å². The van der Waals surface area contributed by atoms with Crippen LogP contribution in [-0.4, -0.2) is 34.1 Å². The summed E-state index contributed by atoms with van der Waals surface area (Å²) in [5.74, 6) is 0.743. The van der Waals surface area contributed by atoms with Crippen LogP contribution in [-0.2, 0) is 11.2 Å². The highest BCUT2D eigenvalue weighted by Gasteiger charge is 2.34. The molecule has 1 N–H and O–H groups in total. The number of hydrogen-bond acceptors (Lipinski definition) is 2. The molecule has 4 heteroatoms. The van der Waals surface area contributed by atoms with Crippen LogP contribution in [0.25, 0.3) is 0 Å². The van der Waals surface area contributed by atoms with Gasteiger partial charge in [0.05, 0.1) is 11.6 Å². The molecule has 0 saturated carbocycles. The van der Waals surface area contributed by atoms with Gasteiger partial charge in [-0.05, 0) is 49.8 Å². The molecule has 4 nitrogen and oxygen atoms in total. The monoisotopic (exact) mass is 309 g/mol. The fourth-order valence-electron chi connectivity index (χ4n) is 4.10. The SMILES string of the molecule is Cc1cc([C@H]2CCCN(C(=O)[C@@H]3CCc4ccccc43)C2)n[nH]1. The molecule has 2 aliphatic rings. The van der Waals surface area contributed by atoms with Gasteiger partial charge in [0.2, 0.25) is 5.91 Å². The summed E-state index contributed by atoms with van der Waals surface area (Å²) in [5, 5.41) is 7.43. The molecular formula is C19H23N3O. The smallest absolute Gasteiger partial charge is 0.230 e. The zero-order valence-corrected chi connectivity index (χ0v) is 13.6. The molecule has 23 heavy (non-hydrogen) atoms. The topological polar surface area (TPSA) is 49.0 Å². The molecule has 4 rings (SSSR count). The summed E-state index contributed by atoms with van der Waals surface area (Å²) in [7, 11) is 0. The van der Waals surface area contributed by atoms with Crippen LogP contribution in [0.1, 0.15) is 53.6 Å². The number of H-pyrrole nitrogens is 1. The number of nitrogens with one attached hydrogen (secondary N) is 1. The third-order valence-corrected chi connectivity index (χ3v) is 5.31. The maximum atomic E-state index is 13.0. The fourth-order valence-corrected chi connectivity index (χ4v) is 4.10. The third kappa shape index (κ3) is 2.67. The predicted molar refractivity (Wildman–Crippen MR) is 89.4 cm³/mol. The lowest BCUT2D eigenvalue weighted by Crippen LogP contribution is -2.41. The molecule has 1 aliphatic heterocycles. The lowest BCUT2D eigenvalue weighted by atomic mass is 9.92. The van der Waals surface area contributed by atoms with Crippen LogP contribution in [0.3, 0.4) is 0 Å². The molecule has 2 atom stereocenters. The highest BCUT2D eigenvalue weighted by molar-refractivity contribution is 5.85. The normalized spacial score (nSPS) is 23.8. The van der Waals surface area contributed by atoms with Crippen LogP contribution in [0.4, 0.5) is 0 Å². The van der Waals surface area contributed by atoms with Gasteiger partial charge < -0.3 is 4.90 Å². The van der Waals surface area contributed by atoms with Crippen molar-refractivity contribution in [3.8, 4) is 0 Å². The van der Waals surface area contributed by atoms with E-state index in [0.717, 1.165) is 50.2 Å². The molecule has 1 saturated heterocycles. The summed E-state index contributed by atoms with van der Waals surface area (Å²) in [6.07, 6.45) is 4.18. The van der Waals surface area contributed by atoms with Gasteiger partial charge in [-0.1, -0.05) is 24.3 Å². The number of amides is 1. The van der Waals surface area contributed by atoms with E-state index in [1.807, 2.05) is 6.92 Å². The lowest BCUT2D eigenvalue weighted by Gasteiger charge is -2.34. The Morgan fingerprint density at radius 1 is 1.30 bits per heavy atom. The number of rotatable bonds is 2. The Morgan fingerprint density at radius 3 is 3.00 bits per heavy atom. The number of likely N-dealkylation sites (tertiary alicyclic amines) is 1. The van der Waals surface area contributed by atoms with Gasteiger partial charge in [0.15, 0.2) is 0 Å². The maximum absolute atomic E-state index is 13.0. The summed E-state index contributed by atoms with van der Waals surface area (Å²) in [6, 6.07) is 10.5. The van der Waals surface area contributed by atoms with Crippen molar-refractivity contribution in [1.82, 2.24) is 15.1 Å². The first-order valence-electron chi connectivity index (χ1n) is 8.61. The molecule has 0 radical (unpaired) electrons. The minimum absolute atomic E-state index is 0.0610. The fraction of sp³-hybridized carbons (Fsp3) is 0.474. The van der Waals surface area contributed by atoms with Crippen molar-refractivity contribution in [2.45, 2.75) is 44.4 Å². The first-order valence-corrected chi connectivity index (χ1v) is 8.61. The van der Waals surface area contributed by atoms with Crippen LogP contribution < -0.4 is 0 Å². The van der Waals surface area contributed by atoms with E-state index in [9.17, 15) is 4.79 Å². The quantitative estimate of drug-likeness (QED) is 0.926. The molecule has 2 aromatic rings. The number of piperidine rings is 1. The van der Waals surface area contributed by atoms with Crippen molar-refractivity contribution in [1.29, 1.82) is 0 Å². The Balaban J connectivity index is 1.51. The number of hydrogen-bond donors (Lipinski definition) is 1. The highest BCUT2D eigenvalue weighted by Crippen LogP contribution is 2.36. The Hall–Kier alpha value is -2.10. The molecule has 0 bridgehead atoms. The van der Waals surface area contributed by atoms with E-state index in [0.29, 0.717) is 11.8 Å². The second kappa shape index (κ2) is 5.84. The van der Waals surface area contributed by atoms with Crippen molar-refractivity contribution in [2.24, 2.45) is 0 Å². The Labute approximate surface area is 136 Å². The molecule has 120 valence electrons. The first-order chi connectivity index (χ1) is 11.2. The number of nitrogens with zero attached hydrogens (tertiary/aromatic N) is 2. The number of carbonyl (C=O) groups is 1. The largest absolute Gasteiger partial charge is 0.341 e. The Bertz CT molecular complexity index is 721. The summed E-state index contributed by atoms with van der Waals surface area (Å²) >= 11 is 0.